The van der Waals surface area contributed by atoms with Gasteiger partial charge in [0.1, 0.15) is 6.61 Å². The monoisotopic (exact) mass is 346 g/mol. The Morgan fingerprint density at radius 1 is 1.04 bits per heavy atom. The number of esters is 1. The van der Waals surface area contributed by atoms with Gasteiger partial charge in [0.2, 0.25) is 0 Å². The second-order valence-corrected chi connectivity index (χ2v) is 7.32. The summed E-state index contributed by atoms with van der Waals surface area (Å²) in [5.74, 6) is -0.254. The molecule has 1 aromatic carbocycles. The van der Waals surface area contributed by atoms with Gasteiger partial charge in [-0.15, -0.1) is 0 Å². The minimum atomic E-state index is -0.254. The molecule has 0 radical (unpaired) electrons. The summed E-state index contributed by atoms with van der Waals surface area (Å²) in [6.07, 6.45) is 0. The second-order valence-electron chi connectivity index (χ2n) is 7.32. The number of rotatable bonds is 8. The van der Waals surface area contributed by atoms with Crippen LogP contribution in [0.5, 0.6) is 0 Å². The van der Waals surface area contributed by atoms with Crippen molar-refractivity contribution in [1.82, 2.24) is 9.80 Å². The molecule has 0 aliphatic rings. The molecule has 4 nitrogen and oxygen atoms in total. The summed E-state index contributed by atoms with van der Waals surface area (Å²) in [4.78, 5) is 17.1. The number of nitrogens with zero attached hydrogens (tertiary/aromatic N) is 2. The molecule has 0 atom stereocenters. The number of benzene rings is 1. The van der Waals surface area contributed by atoms with Crippen LogP contribution in [0.3, 0.4) is 0 Å². The lowest BCUT2D eigenvalue weighted by Gasteiger charge is -2.42. The maximum absolute atomic E-state index is 12.5. The van der Waals surface area contributed by atoms with E-state index in [2.05, 4.69) is 44.4 Å². The molecule has 0 bridgehead atoms. The molecule has 140 valence electrons. The smallest absolute Gasteiger partial charge is 0.335 e. The second kappa shape index (κ2) is 9.62. The van der Waals surface area contributed by atoms with Crippen molar-refractivity contribution in [2.75, 3.05) is 19.8 Å². The van der Waals surface area contributed by atoms with Crippen molar-refractivity contribution in [3.63, 3.8) is 0 Å². The predicted octanol–water partition coefficient (Wildman–Crippen LogP) is 4.42. The molecular formula is C21H34N2O2. The summed E-state index contributed by atoms with van der Waals surface area (Å²) in [6, 6.07) is 9.77. The molecule has 0 aliphatic carbocycles. The maximum atomic E-state index is 12.5. The Labute approximate surface area is 153 Å². The first-order valence-corrected chi connectivity index (χ1v) is 9.09. The highest BCUT2D eigenvalue weighted by Crippen LogP contribution is 2.23. The van der Waals surface area contributed by atoms with E-state index in [0.717, 1.165) is 31.0 Å². The summed E-state index contributed by atoms with van der Waals surface area (Å²) in [5.41, 5.74) is 2.56. The highest BCUT2D eigenvalue weighted by Gasteiger charge is 2.25. The first-order valence-electron chi connectivity index (χ1n) is 9.09. The maximum Gasteiger partial charge on any atom is 0.335 e. The molecule has 0 saturated heterocycles. The van der Waals surface area contributed by atoms with Crippen LogP contribution in [0.15, 0.2) is 41.6 Å². The predicted molar refractivity (Wildman–Crippen MR) is 104 cm³/mol. The Balaban J connectivity index is 2.90. The van der Waals surface area contributed by atoms with E-state index in [1.807, 2.05) is 44.2 Å². The third-order valence-corrected chi connectivity index (χ3v) is 4.51. The molecule has 0 aliphatic heterocycles. The summed E-state index contributed by atoms with van der Waals surface area (Å²) < 4.78 is 5.49. The number of carbonyl (C=O) groups excluding carboxylic acids is 1. The Morgan fingerprint density at radius 3 is 2.08 bits per heavy atom. The Kier molecular flexibility index (Phi) is 8.17. The van der Waals surface area contributed by atoms with Gasteiger partial charge in [-0.2, -0.15) is 0 Å². The largest absolute Gasteiger partial charge is 0.457 e. The standard InChI is InChI=1S/C21H34N2O2/c1-8-22(9-2)16-23(21(5,6)7)18(4)17(3)20(24)25-15-19-13-11-10-12-14-19/h10-14H,8-9,15-16H2,1-7H3/b18-17-. The molecule has 25 heavy (non-hydrogen) atoms. The average Bonchev–Trinajstić information content (AvgIpc) is 2.59. The lowest BCUT2D eigenvalue weighted by Crippen LogP contribution is -2.47. The van der Waals surface area contributed by atoms with Crippen molar-refractivity contribution in [3.05, 3.63) is 47.2 Å². The Morgan fingerprint density at radius 2 is 1.60 bits per heavy atom. The zero-order valence-corrected chi connectivity index (χ0v) is 16.9. The van der Waals surface area contributed by atoms with Crippen LogP contribution in [-0.4, -0.2) is 41.1 Å². The molecule has 0 unspecified atom stereocenters. The first kappa shape index (κ1) is 21.2. The van der Waals surface area contributed by atoms with Crippen LogP contribution in [0.25, 0.3) is 0 Å². The summed E-state index contributed by atoms with van der Waals surface area (Å²) in [6.45, 7) is 17.7. The number of hydrogen-bond donors (Lipinski definition) is 0. The van der Waals surface area contributed by atoms with Gasteiger partial charge in [-0.05, 0) is 53.3 Å². The quantitative estimate of drug-likeness (QED) is 0.396. The van der Waals surface area contributed by atoms with Crippen LogP contribution < -0.4 is 0 Å². The molecule has 0 amide bonds. The highest BCUT2D eigenvalue weighted by molar-refractivity contribution is 5.88. The molecule has 0 aromatic heterocycles. The molecule has 4 heteroatoms. The van der Waals surface area contributed by atoms with Gasteiger partial charge in [-0.1, -0.05) is 44.2 Å². The molecule has 1 rings (SSSR count). The summed E-state index contributed by atoms with van der Waals surface area (Å²) in [5, 5.41) is 0. The fraction of sp³-hybridized carbons (Fsp3) is 0.571. The van der Waals surface area contributed by atoms with E-state index in [4.69, 9.17) is 4.74 Å². The van der Waals surface area contributed by atoms with E-state index < -0.39 is 0 Å². The molecule has 0 N–H and O–H groups in total. The molecule has 0 heterocycles. The van der Waals surface area contributed by atoms with Gasteiger partial charge < -0.3 is 9.64 Å². The van der Waals surface area contributed by atoms with Gasteiger partial charge in [-0.3, -0.25) is 4.90 Å². The van der Waals surface area contributed by atoms with E-state index in [-0.39, 0.29) is 11.5 Å². The van der Waals surface area contributed by atoms with Crippen LogP contribution >= 0.6 is 0 Å². The molecular weight excluding hydrogens is 312 g/mol. The van der Waals surface area contributed by atoms with Crippen molar-refractivity contribution >= 4 is 5.97 Å². The topological polar surface area (TPSA) is 32.8 Å². The molecule has 1 aromatic rings. The van der Waals surface area contributed by atoms with Crippen LogP contribution in [0.1, 0.15) is 54.0 Å². The van der Waals surface area contributed by atoms with Crippen LogP contribution in [0, 0.1) is 0 Å². The third-order valence-electron chi connectivity index (χ3n) is 4.51. The van der Waals surface area contributed by atoms with Gasteiger partial charge in [0.05, 0.1) is 12.2 Å². The van der Waals surface area contributed by atoms with Gasteiger partial charge in [0.25, 0.3) is 0 Å². The van der Waals surface area contributed by atoms with Crippen LogP contribution in [0.2, 0.25) is 0 Å². The van der Waals surface area contributed by atoms with E-state index in [1.54, 1.807) is 0 Å². The van der Waals surface area contributed by atoms with Crippen LogP contribution in [-0.2, 0) is 16.1 Å². The van der Waals surface area contributed by atoms with Gasteiger partial charge in [-0.25, -0.2) is 4.79 Å². The van der Waals surface area contributed by atoms with Crippen molar-refractivity contribution in [2.24, 2.45) is 0 Å². The van der Waals surface area contributed by atoms with Gasteiger partial charge >= 0.3 is 5.97 Å². The molecule has 0 spiro atoms. The Hall–Kier alpha value is -1.81. The molecule has 0 fully saturated rings. The zero-order valence-electron chi connectivity index (χ0n) is 16.9. The fourth-order valence-corrected chi connectivity index (χ4v) is 2.63. The zero-order chi connectivity index (χ0) is 19.0. The fourth-order valence-electron chi connectivity index (χ4n) is 2.63. The average molecular weight is 347 g/mol. The van der Waals surface area contributed by atoms with E-state index >= 15 is 0 Å². The van der Waals surface area contributed by atoms with Gasteiger partial charge in [0, 0.05) is 11.2 Å². The van der Waals surface area contributed by atoms with E-state index in [1.165, 1.54) is 0 Å². The number of carbonyl (C=O) groups is 1. The Bertz CT molecular complexity index is 569. The third kappa shape index (κ3) is 6.54. The van der Waals surface area contributed by atoms with Crippen molar-refractivity contribution in [2.45, 2.75) is 60.6 Å². The lowest BCUT2D eigenvalue weighted by molar-refractivity contribution is -0.140. The van der Waals surface area contributed by atoms with E-state index in [9.17, 15) is 4.79 Å². The SMILES string of the molecule is CCN(CC)CN(/C(C)=C(/C)C(=O)OCc1ccccc1)C(C)(C)C. The number of hydrogen-bond acceptors (Lipinski definition) is 4. The molecule has 0 saturated carbocycles. The van der Waals surface area contributed by atoms with Crippen molar-refractivity contribution in [3.8, 4) is 0 Å². The highest BCUT2D eigenvalue weighted by atomic mass is 16.5. The van der Waals surface area contributed by atoms with E-state index in [0.29, 0.717) is 12.2 Å². The summed E-state index contributed by atoms with van der Waals surface area (Å²) in [7, 11) is 0. The lowest BCUT2D eigenvalue weighted by atomic mass is 10.0. The van der Waals surface area contributed by atoms with Crippen molar-refractivity contribution < 1.29 is 9.53 Å². The van der Waals surface area contributed by atoms with Crippen molar-refractivity contribution in [1.29, 1.82) is 0 Å². The minimum absolute atomic E-state index is 0.0758. The first-order chi connectivity index (χ1) is 11.7. The number of allylic oxidation sites excluding steroid dienone is 1. The van der Waals surface area contributed by atoms with Crippen LogP contribution in [0.4, 0.5) is 0 Å². The minimum Gasteiger partial charge on any atom is -0.457 e. The summed E-state index contributed by atoms with van der Waals surface area (Å²) >= 11 is 0. The normalized spacial score (nSPS) is 12.8. The number of ether oxygens (including phenoxy) is 1. The van der Waals surface area contributed by atoms with Gasteiger partial charge in [0.15, 0.2) is 0 Å².